The van der Waals surface area contributed by atoms with Crippen LogP contribution in [0.3, 0.4) is 0 Å². The Balaban J connectivity index is 1.25. The van der Waals surface area contributed by atoms with E-state index in [0.717, 1.165) is 37.2 Å². The Morgan fingerprint density at radius 3 is 2.78 bits per heavy atom. The second kappa shape index (κ2) is 8.38. The first-order valence-corrected chi connectivity index (χ1v) is 10.4. The van der Waals surface area contributed by atoms with Gasteiger partial charge in [0.05, 0.1) is 15.2 Å². The summed E-state index contributed by atoms with van der Waals surface area (Å²) in [7, 11) is 0. The average Bonchev–Trinajstić information content (AvgIpc) is 3.11. The number of thiazole rings is 1. The summed E-state index contributed by atoms with van der Waals surface area (Å²) < 4.78 is 7.01. The van der Waals surface area contributed by atoms with Gasteiger partial charge in [0, 0.05) is 12.5 Å². The quantitative estimate of drug-likeness (QED) is 0.693. The maximum absolute atomic E-state index is 10.3. The van der Waals surface area contributed by atoms with Gasteiger partial charge in [0.2, 0.25) is 0 Å². The van der Waals surface area contributed by atoms with Crippen molar-refractivity contribution < 1.29 is 9.84 Å². The summed E-state index contributed by atoms with van der Waals surface area (Å²) in [6.45, 7) is 5.04. The van der Waals surface area contributed by atoms with Crippen LogP contribution in [0.1, 0.15) is 29.3 Å². The van der Waals surface area contributed by atoms with Gasteiger partial charge < -0.3 is 14.7 Å². The van der Waals surface area contributed by atoms with Crippen molar-refractivity contribution in [1.29, 1.82) is 0 Å². The van der Waals surface area contributed by atoms with Gasteiger partial charge >= 0.3 is 0 Å². The van der Waals surface area contributed by atoms with Crippen LogP contribution in [0.4, 0.5) is 0 Å². The first-order chi connectivity index (χ1) is 13.2. The summed E-state index contributed by atoms with van der Waals surface area (Å²) in [6, 6.07) is 16.3. The minimum Gasteiger partial charge on any atom is -0.491 e. The monoisotopic (exact) mass is 382 g/mol. The van der Waals surface area contributed by atoms with Crippen molar-refractivity contribution in [1.82, 2.24) is 9.88 Å². The topological polar surface area (TPSA) is 45.6 Å². The number of ether oxygens (including phenoxy) is 1. The zero-order chi connectivity index (χ0) is 18.6. The number of aryl methyl sites for hydroxylation is 1. The zero-order valence-corrected chi connectivity index (χ0v) is 16.5. The smallest absolute Gasteiger partial charge is 0.119 e. The van der Waals surface area contributed by atoms with Crippen LogP contribution in [0.15, 0.2) is 48.5 Å². The van der Waals surface area contributed by atoms with Crippen LogP contribution in [0.25, 0.3) is 10.2 Å². The van der Waals surface area contributed by atoms with Crippen molar-refractivity contribution in [2.75, 3.05) is 26.2 Å². The molecule has 1 aliphatic rings. The highest BCUT2D eigenvalue weighted by Gasteiger charge is 2.24. The molecule has 27 heavy (non-hydrogen) atoms. The third-order valence-electron chi connectivity index (χ3n) is 5.15. The number of fused-ring (bicyclic) bond motifs is 1. The lowest BCUT2D eigenvalue weighted by Crippen LogP contribution is -2.40. The van der Waals surface area contributed by atoms with Gasteiger partial charge in [0.15, 0.2) is 0 Å². The van der Waals surface area contributed by atoms with Crippen molar-refractivity contribution >= 4 is 21.6 Å². The van der Waals surface area contributed by atoms with Crippen LogP contribution >= 0.6 is 11.3 Å². The molecule has 4 rings (SSSR count). The van der Waals surface area contributed by atoms with E-state index in [2.05, 4.69) is 29.2 Å². The summed E-state index contributed by atoms with van der Waals surface area (Å²) in [5, 5.41) is 11.6. The maximum Gasteiger partial charge on any atom is 0.119 e. The molecule has 5 heteroatoms. The van der Waals surface area contributed by atoms with Crippen LogP contribution in [-0.4, -0.2) is 47.3 Å². The number of rotatable bonds is 6. The van der Waals surface area contributed by atoms with Gasteiger partial charge in [-0.05, 0) is 62.7 Å². The fraction of sp³-hybridized carbons (Fsp3) is 0.409. The molecule has 1 N–H and O–H groups in total. The highest BCUT2D eigenvalue weighted by molar-refractivity contribution is 7.18. The largest absolute Gasteiger partial charge is 0.491 e. The number of hydrogen-bond acceptors (Lipinski definition) is 5. The Morgan fingerprint density at radius 1 is 1.19 bits per heavy atom. The molecule has 0 spiro atoms. The van der Waals surface area contributed by atoms with Gasteiger partial charge in [0.25, 0.3) is 0 Å². The molecule has 0 unspecified atom stereocenters. The number of para-hydroxylation sites is 1. The number of aliphatic hydroxyl groups excluding tert-OH is 1. The zero-order valence-electron chi connectivity index (χ0n) is 15.7. The number of benzene rings is 2. The third kappa shape index (κ3) is 4.67. The summed E-state index contributed by atoms with van der Waals surface area (Å²) in [5.74, 6) is 1.36. The molecule has 1 atom stereocenters. The number of likely N-dealkylation sites (tertiary alicyclic amines) is 1. The Morgan fingerprint density at radius 2 is 2.00 bits per heavy atom. The predicted octanol–water partition coefficient (Wildman–Crippen LogP) is 4.22. The molecule has 2 aromatic carbocycles. The summed E-state index contributed by atoms with van der Waals surface area (Å²) in [5.41, 5.74) is 2.28. The minimum atomic E-state index is -0.468. The molecule has 3 aromatic rings. The summed E-state index contributed by atoms with van der Waals surface area (Å²) >= 11 is 1.83. The molecule has 1 aromatic heterocycles. The number of piperidine rings is 1. The van der Waals surface area contributed by atoms with Crippen molar-refractivity contribution in [3.8, 4) is 5.75 Å². The standard InChI is InChI=1S/C22H26N2O2S/c1-16-5-4-6-19(13-16)26-15-18(25)14-24-11-9-17(10-12-24)22-23-20-7-2-3-8-21(20)27-22/h2-8,13,17-18,25H,9-12,14-15H2,1H3/t18-/m1/s1. The van der Waals surface area contributed by atoms with E-state index >= 15 is 0 Å². The Labute approximate surface area is 164 Å². The molecule has 0 saturated carbocycles. The Bertz CT molecular complexity index is 854. The number of aromatic nitrogens is 1. The first-order valence-electron chi connectivity index (χ1n) is 9.63. The van der Waals surface area contributed by atoms with Gasteiger partial charge in [-0.3, -0.25) is 0 Å². The molecule has 1 fully saturated rings. The molecule has 0 aliphatic carbocycles. The van der Waals surface area contributed by atoms with E-state index in [-0.39, 0.29) is 0 Å². The number of aliphatic hydroxyl groups is 1. The predicted molar refractivity (Wildman–Crippen MR) is 111 cm³/mol. The lowest BCUT2D eigenvalue weighted by Gasteiger charge is -2.32. The first kappa shape index (κ1) is 18.4. The van der Waals surface area contributed by atoms with Crippen molar-refractivity contribution in [3.05, 3.63) is 59.1 Å². The fourth-order valence-electron chi connectivity index (χ4n) is 3.68. The van der Waals surface area contributed by atoms with E-state index in [9.17, 15) is 5.11 Å². The van der Waals surface area contributed by atoms with Gasteiger partial charge in [-0.15, -0.1) is 11.3 Å². The fourth-order valence-corrected chi connectivity index (χ4v) is 4.81. The molecule has 0 amide bonds. The maximum atomic E-state index is 10.3. The van der Waals surface area contributed by atoms with E-state index in [1.54, 1.807) is 0 Å². The van der Waals surface area contributed by atoms with Gasteiger partial charge in [-0.2, -0.15) is 0 Å². The number of hydrogen-bond donors (Lipinski definition) is 1. The van der Waals surface area contributed by atoms with E-state index in [0.29, 0.717) is 19.1 Å². The van der Waals surface area contributed by atoms with E-state index in [4.69, 9.17) is 9.72 Å². The van der Waals surface area contributed by atoms with Crippen LogP contribution in [0.5, 0.6) is 5.75 Å². The van der Waals surface area contributed by atoms with Crippen molar-refractivity contribution in [3.63, 3.8) is 0 Å². The van der Waals surface area contributed by atoms with Crippen LogP contribution in [0.2, 0.25) is 0 Å². The second-order valence-corrected chi connectivity index (χ2v) is 8.44. The lowest BCUT2D eigenvalue weighted by atomic mass is 9.97. The highest BCUT2D eigenvalue weighted by atomic mass is 32.1. The Kier molecular flexibility index (Phi) is 5.72. The number of β-amino-alcohol motifs (C(OH)–C–C–N with tert-alkyl or cyclic N) is 1. The van der Waals surface area contributed by atoms with E-state index in [1.165, 1.54) is 15.3 Å². The molecule has 0 radical (unpaired) electrons. The molecular formula is C22H26N2O2S. The van der Waals surface area contributed by atoms with Crippen LogP contribution in [0, 0.1) is 6.92 Å². The van der Waals surface area contributed by atoms with Crippen molar-refractivity contribution in [2.45, 2.75) is 31.8 Å². The SMILES string of the molecule is Cc1cccc(OC[C@H](O)CN2CCC(c3nc4ccccc4s3)CC2)c1. The highest BCUT2D eigenvalue weighted by Crippen LogP contribution is 2.33. The molecule has 4 nitrogen and oxygen atoms in total. The second-order valence-electron chi connectivity index (χ2n) is 7.38. The van der Waals surface area contributed by atoms with E-state index in [1.807, 2.05) is 42.5 Å². The van der Waals surface area contributed by atoms with Crippen LogP contribution in [-0.2, 0) is 0 Å². The van der Waals surface area contributed by atoms with Gasteiger partial charge in [0.1, 0.15) is 18.5 Å². The van der Waals surface area contributed by atoms with Crippen molar-refractivity contribution in [2.24, 2.45) is 0 Å². The van der Waals surface area contributed by atoms with Crippen LogP contribution < -0.4 is 4.74 Å². The minimum absolute atomic E-state index is 0.335. The Hall–Kier alpha value is -1.95. The van der Waals surface area contributed by atoms with E-state index < -0.39 is 6.10 Å². The number of nitrogens with zero attached hydrogens (tertiary/aromatic N) is 2. The normalized spacial score (nSPS) is 17.3. The average molecular weight is 383 g/mol. The third-order valence-corrected chi connectivity index (χ3v) is 6.35. The lowest BCUT2D eigenvalue weighted by molar-refractivity contribution is 0.0594. The molecular weight excluding hydrogens is 356 g/mol. The molecule has 2 heterocycles. The molecule has 1 aliphatic heterocycles. The van der Waals surface area contributed by atoms with Gasteiger partial charge in [-0.1, -0.05) is 24.3 Å². The molecule has 142 valence electrons. The molecule has 0 bridgehead atoms. The summed E-state index contributed by atoms with van der Waals surface area (Å²) in [6.07, 6.45) is 1.74. The molecule has 1 saturated heterocycles. The van der Waals surface area contributed by atoms with Gasteiger partial charge in [-0.25, -0.2) is 4.98 Å². The summed E-state index contributed by atoms with van der Waals surface area (Å²) in [4.78, 5) is 7.16.